The van der Waals surface area contributed by atoms with Crippen molar-refractivity contribution in [2.24, 2.45) is 0 Å². The minimum atomic E-state index is -1.19. The summed E-state index contributed by atoms with van der Waals surface area (Å²) in [5.41, 5.74) is 0.689. The smallest absolute Gasteiger partial charge is 0.252 e. The molecule has 2 fully saturated rings. The molecule has 1 N–H and O–H groups in total. The van der Waals surface area contributed by atoms with Crippen LogP contribution in [0.4, 0.5) is 10.1 Å². The van der Waals surface area contributed by atoms with Crippen LogP contribution in [0.5, 0.6) is 0 Å². The van der Waals surface area contributed by atoms with Crippen LogP contribution in [-0.2, 0) is 4.79 Å². The lowest BCUT2D eigenvalue weighted by atomic mass is 9.97. The third-order valence-electron chi connectivity index (χ3n) is 5.13. The summed E-state index contributed by atoms with van der Waals surface area (Å²) in [6, 6.07) is 8.75. The largest absolute Gasteiger partial charge is 0.365 e. The van der Waals surface area contributed by atoms with E-state index in [1.54, 1.807) is 25.3 Å². The predicted octanol–water partition coefficient (Wildman–Crippen LogP) is 1.94. The second-order valence-corrected chi connectivity index (χ2v) is 8.52. The number of alkyl halides is 1. The zero-order valence-electron chi connectivity index (χ0n) is 15.9. The number of amides is 2. The van der Waals surface area contributed by atoms with Gasteiger partial charge in [0.2, 0.25) is 5.91 Å². The minimum absolute atomic E-state index is 0.173. The highest BCUT2D eigenvalue weighted by atomic mass is 32.2. The Morgan fingerprint density at radius 1 is 1.41 bits per heavy atom. The first kappa shape index (κ1) is 19.5. The van der Waals surface area contributed by atoms with E-state index in [-0.39, 0.29) is 18.4 Å². The number of halogens is 1. The van der Waals surface area contributed by atoms with Gasteiger partial charge in [-0.15, -0.1) is 11.8 Å². The molecule has 3 heterocycles. The number of carbonyl (C=O) groups is 2. The zero-order valence-corrected chi connectivity index (χ0v) is 16.7. The van der Waals surface area contributed by atoms with Crippen LogP contribution in [0.1, 0.15) is 17.3 Å². The Morgan fingerprint density at radius 2 is 2.21 bits per heavy atom. The van der Waals surface area contributed by atoms with Crippen LogP contribution < -0.4 is 10.2 Å². The number of rotatable bonds is 4. The molecule has 9 heteroatoms. The van der Waals surface area contributed by atoms with Crippen molar-refractivity contribution in [2.45, 2.75) is 18.6 Å². The lowest BCUT2D eigenvalue weighted by Gasteiger charge is -2.43. The molecule has 2 aliphatic rings. The number of anilines is 1. The number of thioether (sulfide) groups is 1. The molecule has 1 aromatic heterocycles. The fourth-order valence-electron chi connectivity index (χ4n) is 3.61. The first-order valence-corrected chi connectivity index (χ1v) is 10.4. The Morgan fingerprint density at radius 3 is 2.93 bits per heavy atom. The van der Waals surface area contributed by atoms with E-state index in [0.717, 1.165) is 5.69 Å². The lowest BCUT2D eigenvalue weighted by molar-refractivity contribution is -0.129. The summed E-state index contributed by atoms with van der Waals surface area (Å²) in [6.45, 7) is 2.01. The molecule has 1 aromatic carbocycles. The second kappa shape index (κ2) is 7.52. The molecular formula is C20H20FN5O2S. The maximum Gasteiger partial charge on any atom is 0.252 e. The van der Waals surface area contributed by atoms with Crippen LogP contribution in [-0.4, -0.2) is 64.7 Å². The van der Waals surface area contributed by atoms with Gasteiger partial charge in [-0.1, -0.05) is 0 Å². The number of hydrogen-bond acceptors (Lipinski definition) is 6. The number of aromatic nitrogens is 1. The fourth-order valence-corrected chi connectivity index (χ4v) is 4.71. The van der Waals surface area contributed by atoms with E-state index >= 15 is 0 Å². The molecule has 2 saturated heterocycles. The summed E-state index contributed by atoms with van der Waals surface area (Å²) < 4.78 is 13.8. The van der Waals surface area contributed by atoms with E-state index in [0.29, 0.717) is 41.2 Å². The molecular weight excluding hydrogens is 393 g/mol. The van der Waals surface area contributed by atoms with Crippen molar-refractivity contribution in [2.75, 3.05) is 36.2 Å². The number of pyridine rings is 1. The molecule has 0 saturated carbocycles. The Labute approximate surface area is 171 Å². The van der Waals surface area contributed by atoms with Gasteiger partial charge in [-0.3, -0.25) is 14.6 Å². The quantitative estimate of drug-likeness (QED) is 0.824. The molecule has 0 bridgehead atoms. The van der Waals surface area contributed by atoms with E-state index in [2.05, 4.69) is 16.4 Å². The number of nitrogens with zero attached hydrogens (tertiary/aromatic N) is 4. The van der Waals surface area contributed by atoms with Gasteiger partial charge in [-0.05, 0) is 31.2 Å². The summed E-state index contributed by atoms with van der Waals surface area (Å²) in [5, 5.41) is 12.4. The van der Waals surface area contributed by atoms with Gasteiger partial charge in [0.15, 0.2) is 0 Å². The molecule has 0 radical (unpaired) electrons. The Kier molecular flexibility index (Phi) is 5.04. The van der Waals surface area contributed by atoms with Crippen molar-refractivity contribution < 1.29 is 14.0 Å². The number of fused-ring (bicyclic) bond motifs is 1. The maximum atomic E-state index is 13.8. The van der Waals surface area contributed by atoms with Gasteiger partial charge >= 0.3 is 0 Å². The number of benzene rings is 1. The third-order valence-corrected chi connectivity index (χ3v) is 6.14. The Bertz CT molecular complexity index is 1010. The first-order valence-electron chi connectivity index (χ1n) is 9.26. The van der Waals surface area contributed by atoms with Crippen molar-refractivity contribution in [1.29, 1.82) is 5.26 Å². The lowest BCUT2D eigenvalue weighted by Crippen LogP contribution is -2.57. The second-order valence-electron chi connectivity index (χ2n) is 7.52. The van der Waals surface area contributed by atoms with Gasteiger partial charge in [0.05, 0.1) is 42.7 Å². The van der Waals surface area contributed by atoms with Gasteiger partial charge in [0.25, 0.3) is 5.91 Å². The van der Waals surface area contributed by atoms with Crippen LogP contribution >= 0.6 is 11.8 Å². The topological polar surface area (TPSA) is 89.3 Å². The van der Waals surface area contributed by atoms with Crippen molar-refractivity contribution in [3.05, 3.63) is 36.0 Å². The monoisotopic (exact) mass is 413 g/mol. The zero-order chi connectivity index (χ0) is 20.6. The maximum absolute atomic E-state index is 13.8. The van der Waals surface area contributed by atoms with E-state index < -0.39 is 11.7 Å². The molecule has 0 aliphatic carbocycles. The summed E-state index contributed by atoms with van der Waals surface area (Å²) in [7, 11) is 0. The molecule has 2 amide bonds. The van der Waals surface area contributed by atoms with Crippen LogP contribution in [0, 0.1) is 11.3 Å². The highest BCUT2D eigenvalue weighted by Crippen LogP contribution is 2.32. The molecule has 0 unspecified atom stereocenters. The number of carbonyl (C=O) groups excluding carboxylic acids is 2. The molecule has 7 nitrogen and oxygen atoms in total. The van der Waals surface area contributed by atoms with Gasteiger partial charge in [0, 0.05) is 23.0 Å². The number of nitriles is 1. The van der Waals surface area contributed by atoms with Gasteiger partial charge in [-0.25, -0.2) is 4.39 Å². The van der Waals surface area contributed by atoms with Crippen LogP contribution in [0.2, 0.25) is 0 Å². The summed E-state index contributed by atoms with van der Waals surface area (Å²) >= 11 is 1.52. The van der Waals surface area contributed by atoms with Crippen molar-refractivity contribution in [1.82, 2.24) is 15.2 Å². The van der Waals surface area contributed by atoms with Crippen molar-refractivity contribution in [3.8, 4) is 6.07 Å². The number of nitrogens with one attached hydrogen (secondary N) is 1. The first-order chi connectivity index (χ1) is 13.9. The highest BCUT2D eigenvalue weighted by Gasteiger charge is 2.39. The average molecular weight is 413 g/mol. The highest BCUT2D eigenvalue weighted by molar-refractivity contribution is 7.99. The standard InChI is InChI=1S/C20H20FN5O2S/c1-20(21)10-25(11-20)13-2-3-17-16(6-13)15(4-5-23-17)19(28)24-8-18(27)26-12-29-9-14(26)7-22/h2-6,14H,8-12H2,1H3,(H,24,28)/t14-/m1/s1. The average Bonchev–Trinajstić information content (AvgIpc) is 3.18. The molecule has 150 valence electrons. The fraction of sp³-hybridized carbons (Fsp3) is 0.400. The van der Waals surface area contributed by atoms with E-state index in [1.807, 2.05) is 17.0 Å². The number of hydrogen-bond donors (Lipinski definition) is 1. The summed E-state index contributed by atoms with van der Waals surface area (Å²) in [6.07, 6.45) is 1.55. The van der Waals surface area contributed by atoms with Crippen LogP contribution in [0.25, 0.3) is 10.9 Å². The van der Waals surface area contributed by atoms with E-state index in [1.165, 1.54) is 16.7 Å². The van der Waals surface area contributed by atoms with Crippen LogP contribution in [0.15, 0.2) is 30.5 Å². The van der Waals surface area contributed by atoms with Gasteiger partial charge < -0.3 is 15.1 Å². The SMILES string of the molecule is CC1(F)CN(c2ccc3nccc(C(=O)NCC(=O)N4CSC[C@H]4C#N)c3c2)C1. The molecule has 29 heavy (non-hydrogen) atoms. The predicted molar refractivity (Wildman–Crippen MR) is 109 cm³/mol. The van der Waals surface area contributed by atoms with Crippen molar-refractivity contribution in [3.63, 3.8) is 0 Å². The summed E-state index contributed by atoms with van der Waals surface area (Å²) in [5.74, 6) is 0.374. The normalized spacial score (nSPS) is 20.2. The van der Waals surface area contributed by atoms with E-state index in [9.17, 15) is 14.0 Å². The Balaban J connectivity index is 1.50. The van der Waals surface area contributed by atoms with Gasteiger partial charge in [-0.2, -0.15) is 5.26 Å². The molecule has 2 aliphatic heterocycles. The van der Waals surface area contributed by atoms with Crippen LogP contribution in [0.3, 0.4) is 0 Å². The Hall–Kier alpha value is -2.86. The van der Waals surface area contributed by atoms with Crippen molar-refractivity contribution >= 4 is 40.2 Å². The summed E-state index contributed by atoms with van der Waals surface area (Å²) in [4.78, 5) is 32.8. The molecule has 0 spiro atoms. The minimum Gasteiger partial charge on any atom is -0.365 e. The molecule has 4 rings (SSSR count). The van der Waals surface area contributed by atoms with E-state index in [4.69, 9.17) is 5.26 Å². The third kappa shape index (κ3) is 3.85. The van der Waals surface area contributed by atoms with Gasteiger partial charge in [0.1, 0.15) is 11.7 Å². The molecule has 1 atom stereocenters. The molecule has 2 aromatic rings.